The van der Waals surface area contributed by atoms with E-state index in [9.17, 15) is 19.5 Å². The highest BCUT2D eigenvalue weighted by Gasteiger charge is 2.67. The Morgan fingerprint density at radius 3 is 2.44 bits per heavy atom. The van der Waals surface area contributed by atoms with E-state index in [1.54, 1.807) is 65.8 Å². The molecular weight excluding hydrogens is 494 g/mol. The second kappa shape index (κ2) is 10.7. The average Bonchev–Trinajstić information content (AvgIpc) is 3.34. The van der Waals surface area contributed by atoms with Crippen LogP contribution < -0.4 is 9.64 Å². The number of aromatic nitrogens is 1. The minimum Gasteiger partial charge on any atom is -0.507 e. The van der Waals surface area contributed by atoms with Gasteiger partial charge in [0.25, 0.3) is 17.6 Å². The van der Waals surface area contributed by atoms with Gasteiger partial charge in [0.1, 0.15) is 11.5 Å². The minimum atomic E-state index is -1.81. The molecule has 1 fully saturated rings. The van der Waals surface area contributed by atoms with Gasteiger partial charge >= 0.3 is 0 Å². The first-order chi connectivity index (χ1) is 18.9. The quantitative estimate of drug-likeness (QED) is 0.245. The van der Waals surface area contributed by atoms with Gasteiger partial charge in [-0.15, -0.1) is 0 Å². The van der Waals surface area contributed by atoms with Crippen molar-refractivity contribution >= 4 is 29.0 Å². The predicted octanol–water partition coefficient (Wildman–Crippen LogP) is 4.79. The number of benzene rings is 2. The molecule has 0 saturated carbocycles. The van der Waals surface area contributed by atoms with E-state index < -0.39 is 28.9 Å². The normalized spacial score (nSPS) is 19.7. The zero-order valence-corrected chi connectivity index (χ0v) is 22.1. The number of aliphatic hydroxyl groups excluding tert-OH is 1. The molecule has 8 nitrogen and oxygen atoms in total. The van der Waals surface area contributed by atoms with Crippen molar-refractivity contribution in [1.29, 1.82) is 0 Å². The van der Waals surface area contributed by atoms with E-state index in [0.29, 0.717) is 41.3 Å². The third-order valence-electron chi connectivity index (χ3n) is 7.21. The molecule has 2 amide bonds. The highest BCUT2D eigenvalue weighted by Crippen LogP contribution is 2.54. The number of aliphatic hydroxyl groups is 1. The zero-order valence-electron chi connectivity index (χ0n) is 22.1. The monoisotopic (exact) mass is 525 g/mol. The molecule has 1 atom stereocenters. The maximum absolute atomic E-state index is 14.5. The van der Waals surface area contributed by atoms with Crippen LogP contribution >= 0.6 is 0 Å². The van der Waals surface area contributed by atoms with Crippen molar-refractivity contribution in [2.75, 3.05) is 18.1 Å². The first-order valence-corrected chi connectivity index (χ1v) is 13.3. The number of hydrogen-bond donors (Lipinski definition) is 1. The Balaban J connectivity index is 1.73. The van der Waals surface area contributed by atoms with Crippen LogP contribution in [0.2, 0.25) is 0 Å². The van der Waals surface area contributed by atoms with Crippen molar-refractivity contribution < 1.29 is 24.2 Å². The highest BCUT2D eigenvalue weighted by molar-refractivity contribution is 6.50. The van der Waals surface area contributed by atoms with Crippen LogP contribution in [-0.4, -0.2) is 45.7 Å². The van der Waals surface area contributed by atoms with Gasteiger partial charge in [-0.3, -0.25) is 19.4 Å². The molecular formula is C31H31N3O5. The van der Waals surface area contributed by atoms with E-state index >= 15 is 0 Å². The summed E-state index contributed by atoms with van der Waals surface area (Å²) in [6.45, 7) is 4.98. The molecule has 2 aromatic carbocycles. The van der Waals surface area contributed by atoms with Gasteiger partial charge in [-0.2, -0.15) is 0 Å². The number of ether oxygens (including phenoxy) is 1. The summed E-state index contributed by atoms with van der Waals surface area (Å²) in [7, 11) is 0. The Labute approximate surface area is 227 Å². The summed E-state index contributed by atoms with van der Waals surface area (Å²) in [5, 5.41) is 11.6. The molecule has 200 valence electrons. The molecule has 0 radical (unpaired) electrons. The van der Waals surface area contributed by atoms with Crippen LogP contribution in [0.25, 0.3) is 5.76 Å². The molecule has 39 heavy (non-hydrogen) atoms. The summed E-state index contributed by atoms with van der Waals surface area (Å²) in [4.78, 5) is 49.0. The van der Waals surface area contributed by atoms with Crippen molar-refractivity contribution in [2.24, 2.45) is 0 Å². The van der Waals surface area contributed by atoms with Gasteiger partial charge in [-0.1, -0.05) is 44.5 Å². The smallest absolute Gasteiger partial charge is 0.296 e. The molecule has 2 aliphatic heterocycles. The second-order valence-electron chi connectivity index (χ2n) is 9.72. The Morgan fingerprint density at radius 2 is 1.74 bits per heavy atom. The first kappa shape index (κ1) is 26.2. The number of ketones is 1. The number of hydrogen-bond acceptors (Lipinski definition) is 6. The predicted molar refractivity (Wildman–Crippen MR) is 147 cm³/mol. The third-order valence-corrected chi connectivity index (χ3v) is 7.21. The minimum absolute atomic E-state index is 0.0271. The Kier molecular flexibility index (Phi) is 7.19. The van der Waals surface area contributed by atoms with Gasteiger partial charge in [-0.05, 0) is 54.8 Å². The van der Waals surface area contributed by atoms with Crippen LogP contribution in [0.1, 0.15) is 49.8 Å². The number of carbonyl (C=O) groups excluding carboxylic acids is 3. The number of likely N-dealkylation sites (tertiary alicyclic amines) is 1. The Hall–Kier alpha value is -4.46. The molecule has 2 aliphatic rings. The zero-order chi connectivity index (χ0) is 27.6. The van der Waals surface area contributed by atoms with Crippen LogP contribution in [0.3, 0.4) is 0 Å². The van der Waals surface area contributed by atoms with E-state index in [4.69, 9.17) is 4.74 Å². The molecule has 1 unspecified atom stereocenters. The number of para-hydroxylation sites is 1. The van der Waals surface area contributed by atoms with Crippen LogP contribution in [0.15, 0.2) is 78.6 Å². The number of anilines is 1. The van der Waals surface area contributed by atoms with Crippen molar-refractivity contribution in [1.82, 2.24) is 9.88 Å². The van der Waals surface area contributed by atoms with E-state index in [-0.39, 0.29) is 12.1 Å². The molecule has 1 N–H and O–H groups in total. The number of amides is 2. The van der Waals surface area contributed by atoms with Crippen LogP contribution in [0, 0.1) is 0 Å². The lowest BCUT2D eigenvalue weighted by atomic mass is 9.81. The summed E-state index contributed by atoms with van der Waals surface area (Å²) in [6, 6.07) is 17.4. The first-order valence-electron chi connectivity index (χ1n) is 13.3. The maximum atomic E-state index is 14.5. The second-order valence-corrected chi connectivity index (χ2v) is 9.72. The van der Waals surface area contributed by atoms with Crippen molar-refractivity contribution in [3.63, 3.8) is 0 Å². The lowest BCUT2D eigenvalue weighted by molar-refractivity contribution is -0.144. The topological polar surface area (TPSA) is 100 Å². The molecule has 1 saturated heterocycles. The fourth-order valence-electron chi connectivity index (χ4n) is 5.37. The van der Waals surface area contributed by atoms with Crippen LogP contribution in [0.5, 0.6) is 5.75 Å². The van der Waals surface area contributed by atoms with E-state index in [0.717, 1.165) is 19.3 Å². The molecule has 3 aromatic rings. The van der Waals surface area contributed by atoms with Crippen LogP contribution in [0.4, 0.5) is 5.69 Å². The average molecular weight is 526 g/mol. The SMILES string of the molecule is CCCCN1C(=O)C2(/C(=C(/O)c3ccc(OCCC)cc3)C(=O)C(=O)N2Cc2cccnc2)c2ccccc21. The lowest BCUT2D eigenvalue weighted by Gasteiger charge is -2.34. The maximum Gasteiger partial charge on any atom is 0.296 e. The Morgan fingerprint density at radius 1 is 0.974 bits per heavy atom. The van der Waals surface area contributed by atoms with E-state index in [1.807, 2.05) is 26.0 Å². The molecule has 8 heteroatoms. The standard InChI is InChI=1S/C31H31N3O5/c1-3-5-17-33-25-11-7-6-10-24(25)31(30(33)38)26(27(35)22-12-14-23(15-13-22)39-18-4-2)28(36)29(37)34(31)20-21-9-8-16-32-19-21/h6-16,19,35H,3-5,17-18,20H2,1-2H3/b27-26+. The summed E-state index contributed by atoms with van der Waals surface area (Å²) in [6.07, 6.45) is 5.66. The number of Topliss-reactive ketones (excluding diaryl/α,β-unsaturated/α-hetero) is 1. The highest BCUT2D eigenvalue weighted by atomic mass is 16.5. The van der Waals surface area contributed by atoms with Crippen LogP contribution in [-0.2, 0) is 26.5 Å². The molecule has 1 spiro atoms. The summed E-state index contributed by atoms with van der Waals surface area (Å²) in [5.41, 5.74) is 0.0656. The van der Waals surface area contributed by atoms with Gasteiger partial charge in [-0.25, -0.2) is 0 Å². The molecule has 1 aromatic heterocycles. The number of carbonyl (C=O) groups is 3. The number of unbranched alkanes of at least 4 members (excludes halogenated alkanes) is 1. The number of nitrogens with zero attached hydrogens (tertiary/aromatic N) is 3. The molecule has 5 rings (SSSR count). The van der Waals surface area contributed by atoms with Crippen molar-refractivity contribution in [3.8, 4) is 5.75 Å². The largest absolute Gasteiger partial charge is 0.507 e. The van der Waals surface area contributed by atoms with Crippen molar-refractivity contribution in [2.45, 2.75) is 45.2 Å². The molecule has 3 heterocycles. The van der Waals surface area contributed by atoms with Gasteiger partial charge in [0.2, 0.25) is 0 Å². The van der Waals surface area contributed by atoms with Gasteiger partial charge in [0.05, 0.1) is 17.9 Å². The number of pyridine rings is 1. The lowest BCUT2D eigenvalue weighted by Crippen LogP contribution is -2.51. The van der Waals surface area contributed by atoms with E-state index in [2.05, 4.69) is 4.98 Å². The van der Waals surface area contributed by atoms with E-state index in [1.165, 1.54) is 4.90 Å². The summed E-state index contributed by atoms with van der Waals surface area (Å²) >= 11 is 0. The summed E-state index contributed by atoms with van der Waals surface area (Å²) in [5.74, 6) is -1.95. The number of fused-ring (bicyclic) bond motifs is 2. The van der Waals surface area contributed by atoms with Gasteiger partial charge in [0, 0.05) is 36.6 Å². The summed E-state index contributed by atoms with van der Waals surface area (Å²) < 4.78 is 5.65. The fraction of sp³-hybridized carbons (Fsp3) is 0.290. The fourth-order valence-corrected chi connectivity index (χ4v) is 5.37. The molecule has 0 bridgehead atoms. The number of rotatable bonds is 9. The van der Waals surface area contributed by atoms with Gasteiger partial charge in [0.15, 0.2) is 5.54 Å². The third kappa shape index (κ3) is 4.26. The molecule has 0 aliphatic carbocycles. The van der Waals surface area contributed by atoms with Gasteiger partial charge < -0.3 is 19.6 Å². The van der Waals surface area contributed by atoms with Crippen molar-refractivity contribution in [3.05, 3.63) is 95.3 Å². The Bertz CT molecular complexity index is 1430.